The van der Waals surface area contributed by atoms with Crippen LogP contribution in [0.4, 0.5) is 4.79 Å². The van der Waals surface area contributed by atoms with E-state index in [-0.39, 0.29) is 13.0 Å². The molecule has 0 radical (unpaired) electrons. The lowest BCUT2D eigenvalue weighted by atomic mass is 9.97. The fraction of sp³-hybridized carbons (Fsp3) is 0.833. The van der Waals surface area contributed by atoms with Crippen LogP contribution in [0, 0.1) is 0 Å². The van der Waals surface area contributed by atoms with Gasteiger partial charge >= 0.3 is 12.0 Å². The van der Waals surface area contributed by atoms with Gasteiger partial charge in [-0.25, -0.2) is 4.79 Å². The number of aliphatic hydroxyl groups is 4. The van der Waals surface area contributed by atoms with Gasteiger partial charge in [-0.05, 0) is 12.8 Å². The SMILES string of the molecule is NC(=O)NCCC[C@H](NC1O[C@H](CO)[C@@H](O)[C@H](O)[C@H]1O)C(=O)O. The predicted octanol–water partition coefficient (Wildman–Crippen LogP) is -3.72. The Morgan fingerprint density at radius 1 is 1.17 bits per heavy atom. The van der Waals surface area contributed by atoms with Gasteiger partial charge in [-0.15, -0.1) is 0 Å². The molecule has 2 amide bonds. The quantitative estimate of drug-likeness (QED) is 0.205. The summed E-state index contributed by atoms with van der Waals surface area (Å²) in [5, 5.41) is 52.2. The maximum Gasteiger partial charge on any atom is 0.320 e. The lowest BCUT2D eigenvalue weighted by Crippen LogP contribution is -2.64. The summed E-state index contributed by atoms with van der Waals surface area (Å²) in [6, 6.07) is -1.86. The zero-order chi connectivity index (χ0) is 17.6. The molecule has 0 aromatic carbocycles. The Morgan fingerprint density at radius 2 is 1.83 bits per heavy atom. The van der Waals surface area contributed by atoms with E-state index in [1.165, 1.54) is 0 Å². The van der Waals surface area contributed by atoms with Crippen LogP contribution in [0.25, 0.3) is 0 Å². The average molecular weight is 337 g/mol. The second kappa shape index (κ2) is 8.96. The molecule has 11 nitrogen and oxygen atoms in total. The van der Waals surface area contributed by atoms with Gasteiger partial charge in [0.05, 0.1) is 6.61 Å². The van der Waals surface area contributed by atoms with E-state index in [4.69, 9.17) is 20.7 Å². The van der Waals surface area contributed by atoms with Crippen molar-refractivity contribution in [1.82, 2.24) is 10.6 Å². The van der Waals surface area contributed by atoms with Crippen molar-refractivity contribution in [3.8, 4) is 0 Å². The van der Waals surface area contributed by atoms with E-state index in [9.17, 15) is 24.9 Å². The van der Waals surface area contributed by atoms with Crippen LogP contribution >= 0.6 is 0 Å². The Kier molecular flexibility index (Phi) is 7.61. The Hall–Kier alpha value is -1.50. The number of nitrogens with two attached hydrogens (primary N) is 1. The smallest absolute Gasteiger partial charge is 0.320 e. The number of carbonyl (C=O) groups is 2. The van der Waals surface area contributed by atoms with Gasteiger partial charge in [0, 0.05) is 6.54 Å². The molecule has 1 saturated heterocycles. The first kappa shape index (κ1) is 19.5. The summed E-state index contributed by atoms with van der Waals surface area (Å²) in [6.45, 7) is -0.432. The van der Waals surface area contributed by atoms with Crippen molar-refractivity contribution in [2.24, 2.45) is 5.73 Å². The molecule has 134 valence electrons. The third-order valence-corrected chi connectivity index (χ3v) is 3.52. The minimum absolute atomic E-state index is 0.0879. The predicted molar refractivity (Wildman–Crippen MR) is 75.1 cm³/mol. The van der Waals surface area contributed by atoms with Crippen LogP contribution in [0.1, 0.15) is 12.8 Å². The summed E-state index contributed by atoms with van der Waals surface area (Å²) in [4.78, 5) is 21.8. The van der Waals surface area contributed by atoms with Gasteiger partial charge in [-0.1, -0.05) is 0 Å². The molecular weight excluding hydrogens is 314 g/mol. The monoisotopic (exact) mass is 337 g/mol. The van der Waals surface area contributed by atoms with Gasteiger partial charge in [-0.3, -0.25) is 10.1 Å². The molecule has 1 heterocycles. The molecule has 0 aromatic heterocycles. The Balaban J connectivity index is 2.60. The van der Waals surface area contributed by atoms with E-state index in [0.29, 0.717) is 6.42 Å². The average Bonchev–Trinajstić information content (AvgIpc) is 2.49. The lowest BCUT2D eigenvalue weighted by Gasteiger charge is -2.41. The van der Waals surface area contributed by atoms with Crippen molar-refractivity contribution in [1.29, 1.82) is 0 Å². The highest BCUT2D eigenvalue weighted by Crippen LogP contribution is 2.20. The molecule has 6 atom stereocenters. The number of hydrogen-bond acceptors (Lipinski definition) is 8. The molecule has 1 aliphatic rings. The molecule has 0 aromatic rings. The van der Waals surface area contributed by atoms with Gasteiger partial charge in [-0.2, -0.15) is 0 Å². The number of primary amides is 1. The number of urea groups is 1. The molecule has 1 rings (SSSR count). The molecule has 23 heavy (non-hydrogen) atoms. The molecule has 0 spiro atoms. The van der Waals surface area contributed by atoms with E-state index < -0.39 is 55.3 Å². The van der Waals surface area contributed by atoms with Crippen molar-refractivity contribution in [3.63, 3.8) is 0 Å². The van der Waals surface area contributed by atoms with Crippen molar-refractivity contribution < 1.29 is 39.9 Å². The lowest BCUT2D eigenvalue weighted by molar-refractivity contribution is -0.238. The van der Waals surface area contributed by atoms with Crippen LogP contribution in [-0.2, 0) is 9.53 Å². The van der Waals surface area contributed by atoms with Crippen molar-refractivity contribution in [2.45, 2.75) is 49.5 Å². The van der Waals surface area contributed by atoms with E-state index >= 15 is 0 Å². The number of ether oxygens (including phenoxy) is 1. The first-order valence-electron chi connectivity index (χ1n) is 7.10. The Labute approximate surface area is 132 Å². The van der Waals surface area contributed by atoms with Gasteiger partial charge in [0.25, 0.3) is 0 Å². The molecular formula is C12H23N3O8. The summed E-state index contributed by atoms with van der Waals surface area (Å²) in [6.07, 6.45) is -6.71. The summed E-state index contributed by atoms with van der Waals surface area (Å²) in [5.74, 6) is -1.22. The number of rotatable bonds is 8. The summed E-state index contributed by atoms with van der Waals surface area (Å²) in [5.41, 5.74) is 4.89. The number of aliphatic hydroxyl groups excluding tert-OH is 4. The largest absolute Gasteiger partial charge is 0.480 e. The zero-order valence-corrected chi connectivity index (χ0v) is 12.3. The Bertz CT molecular complexity index is 408. The standard InChI is InChI=1S/C12H23N3O8/c13-12(22)14-3-1-2-5(11(20)21)15-10-9(19)8(18)7(17)6(4-16)23-10/h5-10,15-19H,1-4H2,(H,20,21)(H3,13,14,22)/t5-,6+,7+,8-,9+,10?/m0/s1. The fourth-order valence-corrected chi connectivity index (χ4v) is 2.23. The second-order valence-electron chi connectivity index (χ2n) is 5.24. The highest BCUT2D eigenvalue weighted by Gasteiger charge is 2.44. The van der Waals surface area contributed by atoms with Crippen molar-refractivity contribution in [2.75, 3.05) is 13.2 Å². The van der Waals surface area contributed by atoms with E-state index in [0.717, 1.165) is 0 Å². The molecule has 1 fully saturated rings. The second-order valence-corrected chi connectivity index (χ2v) is 5.24. The van der Waals surface area contributed by atoms with Gasteiger partial charge in [0.1, 0.15) is 36.7 Å². The number of aliphatic carboxylic acids is 1. The summed E-state index contributed by atoms with van der Waals surface area (Å²) >= 11 is 0. The minimum atomic E-state index is -1.59. The highest BCUT2D eigenvalue weighted by atomic mass is 16.6. The fourth-order valence-electron chi connectivity index (χ4n) is 2.23. The molecule has 11 heteroatoms. The maximum atomic E-state index is 11.2. The van der Waals surface area contributed by atoms with E-state index in [1.54, 1.807) is 0 Å². The van der Waals surface area contributed by atoms with Crippen LogP contribution in [0.5, 0.6) is 0 Å². The van der Waals surface area contributed by atoms with E-state index in [1.807, 2.05) is 0 Å². The topological polar surface area (TPSA) is 195 Å². The summed E-state index contributed by atoms with van der Waals surface area (Å²) < 4.78 is 5.18. The number of amides is 2. The normalized spacial score (nSPS) is 32.3. The molecule has 0 aliphatic carbocycles. The van der Waals surface area contributed by atoms with Crippen LogP contribution in [-0.4, -0.2) is 87.4 Å². The molecule has 9 N–H and O–H groups in total. The first-order valence-corrected chi connectivity index (χ1v) is 7.10. The van der Waals surface area contributed by atoms with Crippen LogP contribution in [0.15, 0.2) is 0 Å². The number of nitrogens with one attached hydrogen (secondary N) is 2. The van der Waals surface area contributed by atoms with Crippen molar-refractivity contribution >= 4 is 12.0 Å². The minimum Gasteiger partial charge on any atom is -0.480 e. The number of hydrogen-bond donors (Lipinski definition) is 8. The Morgan fingerprint density at radius 3 is 2.35 bits per heavy atom. The number of carboxylic acids is 1. The van der Waals surface area contributed by atoms with Crippen LogP contribution in [0.3, 0.4) is 0 Å². The third-order valence-electron chi connectivity index (χ3n) is 3.52. The zero-order valence-electron chi connectivity index (χ0n) is 12.3. The third kappa shape index (κ3) is 5.57. The molecule has 0 saturated carbocycles. The van der Waals surface area contributed by atoms with Gasteiger partial charge in [0.2, 0.25) is 0 Å². The number of carbonyl (C=O) groups excluding carboxylic acids is 1. The molecule has 0 bridgehead atoms. The van der Waals surface area contributed by atoms with Gasteiger partial charge in [0.15, 0.2) is 0 Å². The molecule has 1 unspecified atom stereocenters. The van der Waals surface area contributed by atoms with Crippen molar-refractivity contribution in [3.05, 3.63) is 0 Å². The molecule has 1 aliphatic heterocycles. The van der Waals surface area contributed by atoms with Crippen LogP contribution in [0.2, 0.25) is 0 Å². The van der Waals surface area contributed by atoms with E-state index in [2.05, 4.69) is 10.6 Å². The maximum absolute atomic E-state index is 11.2. The van der Waals surface area contributed by atoms with Crippen LogP contribution < -0.4 is 16.4 Å². The highest BCUT2D eigenvalue weighted by molar-refractivity contribution is 5.73. The first-order chi connectivity index (χ1) is 10.8. The van der Waals surface area contributed by atoms with Gasteiger partial charge < -0.3 is 41.3 Å². The number of carboxylic acid groups (broad SMARTS) is 1. The summed E-state index contributed by atoms with van der Waals surface area (Å²) in [7, 11) is 0.